The van der Waals surface area contributed by atoms with Crippen molar-refractivity contribution in [1.29, 1.82) is 0 Å². The molecule has 0 aliphatic carbocycles. The molecule has 3 saturated heterocycles. The van der Waals surface area contributed by atoms with Gasteiger partial charge in [-0.2, -0.15) is 0 Å². The Bertz CT molecular complexity index is 789. The molecular formula is C17H22N2O9. The van der Waals surface area contributed by atoms with E-state index in [9.17, 15) is 14.9 Å². The Balaban J connectivity index is 1.46. The molecule has 0 unspecified atom stereocenters. The van der Waals surface area contributed by atoms with Crippen LogP contribution in [-0.2, 0) is 23.7 Å². The van der Waals surface area contributed by atoms with Crippen molar-refractivity contribution in [3.63, 3.8) is 0 Å². The lowest BCUT2D eigenvalue weighted by atomic mass is 9.99. The maximum absolute atomic E-state index is 12.3. The molecule has 28 heavy (non-hydrogen) atoms. The number of hydrogen-bond acceptors (Lipinski definition) is 9. The maximum Gasteiger partial charge on any atom is 0.433 e. The van der Waals surface area contributed by atoms with E-state index in [4.69, 9.17) is 28.1 Å². The van der Waals surface area contributed by atoms with E-state index in [-0.39, 0.29) is 12.3 Å². The highest BCUT2D eigenvalue weighted by atomic mass is 16.9. The number of hydrogen-bond donors (Lipinski definition) is 1. The Kier molecular flexibility index (Phi) is 4.47. The number of rotatable bonds is 4. The third-order valence-corrected chi connectivity index (χ3v) is 4.71. The van der Waals surface area contributed by atoms with E-state index in [1.54, 1.807) is 27.7 Å². The van der Waals surface area contributed by atoms with E-state index in [1.807, 2.05) is 0 Å². The quantitative estimate of drug-likeness (QED) is 0.589. The van der Waals surface area contributed by atoms with Crippen LogP contribution in [-0.4, -0.2) is 59.7 Å². The van der Waals surface area contributed by atoms with Gasteiger partial charge in [-0.3, -0.25) is 14.9 Å². The van der Waals surface area contributed by atoms with Crippen LogP contribution in [0.5, 0.6) is 0 Å². The highest BCUT2D eigenvalue weighted by Gasteiger charge is 2.60. The normalized spacial score (nSPS) is 35.2. The van der Waals surface area contributed by atoms with Crippen LogP contribution in [0.4, 0.5) is 5.88 Å². The molecule has 1 aromatic heterocycles. The molecule has 11 heteroatoms. The van der Waals surface area contributed by atoms with Crippen LogP contribution in [0.2, 0.25) is 0 Å². The molecule has 4 heterocycles. The van der Waals surface area contributed by atoms with Gasteiger partial charge in [-0.05, 0) is 33.8 Å². The van der Waals surface area contributed by atoms with Gasteiger partial charge >= 0.3 is 5.88 Å². The molecule has 3 aliphatic heterocycles. The molecule has 1 aromatic rings. The molecule has 11 nitrogen and oxygen atoms in total. The molecule has 0 radical (unpaired) electrons. The summed E-state index contributed by atoms with van der Waals surface area (Å²) in [6.07, 6.45) is -2.61. The maximum atomic E-state index is 12.3. The van der Waals surface area contributed by atoms with Gasteiger partial charge in [0.15, 0.2) is 23.6 Å². The minimum atomic E-state index is -0.840. The fourth-order valence-corrected chi connectivity index (χ4v) is 3.69. The summed E-state index contributed by atoms with van der Waals surface area (Å²) in [5.41, 5.74) is 0. The van der Waals surface area contributed by atoms with E-state index in [2.05, 4.69) is 5.32 Å². The van der Waals surface area contributed by atoms with Crippen molar-refractivity contribution in [1.82, 2.24) is 5.32 Å². The highest BCUT2D eigenvalue weighted by molar-refractivity contribution is 5.91. The van der Waals surface area contributed by atoms with Gasteiger partial charge in [-0.25, -0.2) is 0 Å². The largest absolute Gasteiger partial charge is 0.433 e. The molecule has 3 aliphatic rings. The van der Waals surface area contributed by atoms with E-state index < -0.39 is 59.0 Å². The standard InChI is InChI=1S/C17H22N2O9/c1-16(2)25-11-9(7-18-14(20)8-5-6-10(23-8)19(21)22)24-15-13(12(11)26-16)27-17(3,4)28-15/h5-6,9,11-13,15H,7H2,1-4H3,(H,18,20)/t9-,11+,12-,13-,15+/m1/s1. The van der Waals surface area contributed by atoms with Crippen LogP contribution < -0.4 is 5.32 Å². The molecule has 3 fully saturated rings. The zero-order valence-electron chi connectivity index (χ0n) is 15.9. The van der Waals surface area contributed by atoms with Gasteiger partial charge in [0, 0.05) is 6.54 Å². The van der Waals surface area contributed by atoms with Crippen molar-refractivity contribution in [2.75, 3.05) is 6.54 Å². The number of nitro groups is 1. The number of nitrogens with zero attached hydrogens (tertiary/aromatic N) is 1. The summed E-state index contributed by atoms with van der Waals surface area (Å²) in [6.45, 7) is 7.22. The molecule has 1 amide bonds. The topological polar surface area (TPSA) is 132 Å². The lowest BCUT2D eigenvalue weighted by molar-refractivity contribution is -0.402. The lowest BCUT2D eigenvalue weighted by Gasteiger charge is -2.37. The van der Waals surface area contributed by atoms with Crippen LogP contribution in [0.25, 0.3) is 0 Å². The molecule has 0 saturated carbocycles. The van der Waals surface area contributed by atoms with Gasteiger partial charge in [0.25, 0.3) is 5.91 Å². The SMILES string of the molecule is CC1(C)O[C@@H]2[C@@H](O1)[C@@H](CNC(=O)c1ccc([N+](=O)[O-])o1)O[C@H]1OC(C)(C)O[C@@H]12. The summed E-state index contributed by atoms with van der Waals surface area (Å²) in [4.78, 5) is 22.2. The predicted octanol–water partition coefficient (Wildman–Crippen LogP) is 1.31. The second-order valence-corrected chi connectivity index (χ2v) is 7.81. The zero-order chi connectivity index (χ0) is 20.3. The molecule has 0 aromatic carbocycles. The third-order valence-electron chi connectivity index (χ3n) is 4.71. The van der Waals surface area contributed by atoms with Gasteiger partial charge < -0.3 is 33.4 Å². The first-order valence-electron chi connectivity index (χ1n) is 8.94. The van der Waals surface area contributed by atoms with Crippen LogP contribution in [0.15, 0.2) is 16.5 Å². The first-order chi connectivity index (χ1) is 13.0. The molecule has 0 bridgehead atoms. The second kappa shape index (κ2) is 6.49. The van der Waals surface area contributed by atoms with Crippen LogP contribution in [0.1, 0.15) is 38.2 Å². The van der Waals surface area contributed by atoms with E-state index in [0.29, 0.717) is 0 Å². The number of fused-ring (bicyclic) bond motifs is 3. The molecule has 5 atom stereocenters. The number of nitrogens with one attached hydrogen (secondary N) is 1. The smallest absolute Gasteiger partial charge is 0.395 e. The number of furan rings is 1. The van der Waals surface area contributed by atoms with Crippen LogP contribution in [0.3, 0.4) is 0 Å². The summed E-state index contributed by atoms with van der Waals surface area (Å²) in [7, 11) is 0. The average Bonchev–Trinajstić information content (AvgIpc) is 3.25. The van der Waals surface area contributed by atoms with Gasteiger partial charge in [0.05, 0.1) is 6.07 Å². The Hall–Kier alpha value is -2.05. The van der Waals surface area contributed by atoms with E-state index in [1.165, 1.54) is 6.07 Å². The molecule has 1 N–H and O–H groups in total. The minimum Gasteiger partial charge on any atom is -0.395 e. The second-order valence-electron chi connectivity index (χ2n) is 7.81. The van der Waals surface area contributed by atoms with Crippen molar-refractivity contribution in [3.05, 3.63) is 28.0 Å². The zero-order valence-corrected chi connectivity index (χ0v) is 15.9. The molecule has 4 rings (SSSR count). The number of carbonyl (C=O) groups excluding carboxylic acids is 1. The van der Waals surface area contributed by atoms with E-state index >= 15 is 0 Å². The minimum absolute atomic E-state index is 0.0704. The number of amides is 1. The van der Waals surface area contributed by atoms with Crippen molar-refractivity contribution in [3.8, 4) is 0 Å². The molecule has 0 spiro atoms. The summed E-state index contributed by atoms with van der Waals surface area (Å²) >= 11 is 0. The molecular weight excluding hydrogens is 376 g/mol. The lowest BCUT2D eigenvalue weighted by Crippen LogP contribution is -2.57. The number of carbonyl (C=O) groups is 1. The van der Waals surface area contributed by atoms with Gasteiger partial charge in [-0.15, -0.1) is 0 Å². The Morgan fingerprint density at radius 1 is 1.07 bits per heavy atom. The third kappa shape index (κ3) is 3.51. The van der Waals surface area contributed by atoms with Crippen molar-refractivity contribution < 1.29 is 37.8 Å². The van der Waals surface area contributed by atoms with Crippen molar-refractivity contribution in [2.45, 2.75) is 70.0 Å². The van der Waals surface area contributed by atoms with Gasteiger partial charge in [0.1, 0.15) is 29.3 Å². The summed E-state index contributed by atoms with van der Waals surface area (Å²) in [6, 6.07) is 2.36. The first kappa shape index (κ1) is 19.3. The Morgan fingerprint density at radius 3 is 2.39 bits per heavy atom. The first-order valence-corrected chi connectivity index (χ1v) is 8.94. The predicted molar refractivity (Wildman–Crippen MR) is 90.2 cm³/mol. The number of ether oxygens (including phenoxy) is 5. The summed E-state index contributed by atoms with van der Waals surface area (Å²) in [5.74, 6) is -2.94. The highest BCUT2D eigenvalue weighted by Crippen LogP contribution is 2.43. The van der Waals surface area contributed by atoms with Gasteiger partial charge in [-0.1, -0.05) is 0 Å². The summed E-state index contributed by atoms with van der Waals surface area (Å²) in [5, 5.41) is 13.3. The van der Waals surface area contributed by atoms with Gasteiger partial charge in [0.2, 0.25) is 0 Å². The van der Waals surface area contributed by atoms with Crippen molar-refractivity contribution >= 4 is 11.8 Å². The van der Waals surface area contributed by atoms with Crippen LogP contribution >= 0.6 is 0 Å². The summed E-state index contributed by atoms with van der Waals surface area (Å²) < 4.78 is 34.6. The fourth-order valence-electron chi connectivity index (χ4n) is 3.69. The average molecular weight is 398 g/mol. The Labute approximate surface area is 160 Å². The van der Waals surface area contributed by atoms with Crippen molar-refractivity contribution in [2.24, 2.45) is 0 Å². The van der Waals surface area contributed by atoms with E-state index in [0.717, 1.165) is 6.07 Å². The fraction of sp³-hybridized carbons (Fsp3) is 0.706. The molecule has 154 valence electrons. The Morgan fingerprint density at radius 2 is 1.71 bits per heavy atom. The van der Waals surface area contributed by atoms with Crippen LogP contribution in [0, 0.1) is 10.1 Å². The monoisotopic (exact) mass is 398 g/mol.